The number of alkyl halides is 2. The Labute approximate surface area is 185 Å². The van der Waals surface area contributed by atoms with Gasteiger partial charge in [0.2, 0.25) is 5.91 Å². The molecular formula is C24H25F2N3OS. The summed E-state index contributed by atoms with van der Waals surface area (Å²) in [6.45, 7) is 5.55. The average Bonchev–Trinajstić information content (AvgIpc) is 2.72. The molecule has 0 bridgehead atoms. The van der Waals surface area contributed by atoms with Gasteiger partial charge in [-0.3, -0.25) is 4.79 Å². The van der Waals surface area contributed by atoms with Crippen molar-refractivity contribution in [3.05, 3.63) is 88.2 Å². The molecule has 1 amide bonds. The zero-order valence-corrected chi connectivity index (χ0v) is 18.5. The summed E-state index contributed by atoms with van der Waals surface area (Å²) in [5, 5.41) is 3.19. The first-order chi connectivity index (χ1) is 14.8. The lowest BCUT2D eigenvalue weighted by Crippen LogP contribution is -2.29. The summed E-state index contributed by atoms with van der Waals surface area (Å²) >= 11 is 0.330. The van der Waals surface area contributed by atoms with E-state index in [1.807, 2.05) is 61.5 Å². The molecule has 1 N–H and O–H groups in total. The number of carbonyl (C=O) groups excluding carboxylic acids is 1. The highest BCUT2D eigenvalue weighted by Gasteiger charge is 2.18. The fourth-order valence-corrected chi connectivity index (χ4v) is 3.98. The van der Waals surface area contributed by atoms with Crippen molar-refractivity contribution in [2.45, 2.75) is 50.6 Å². The Balaban J connectivity index is 1.72. The van der Waals surface area contributed by atoms with E-state index >= 15 is 0 Å². The average molecular weight is 442 g/mol. The van der Waals surface area contributed by atoms with Crippen LogP contribution in [0.3, 0.4) is 0 Å². The molecule has 0 spiro atoms. The van der Waals surface area contributed by atoms with Crippen LogP contribution in [0.2, 0.25) is 0 Å². The van der Waals surface area contributed by atoms with Gasteiger partial charge in [-0.1, -0.05) is 60.2 Å². The van der Waals surface area contributed by atoms with Crippen LogP contribution in [0.15, 0.2) is 59.8 Å². The summed E-state index contributed by atoms with van der Waals surface area (Å²) < 4.78 is 25.2. The molecule has 2 aromatic carbocycles. The monoisotopic (exact) mass is 441 g/mol. The minimum Gasteiger partial charge on any atom is -0.345 e. The lowest BCUT2D eigenvalue weighted by molar-refractivity contribution is -0.121. The molecule has 1 aromatic heterocycles. The molecule has 0 aliphatic carbocycles. The molecule has 31 heavy (non-hydrogen) atoms. The molecule has 3 rings (SSSR count). The molecule has 0 aliphatic heterocycles. The van der Waals surface area contributed by atoms with Gasteiger partial charge >= 0.3 is 0 Å². The van der Waals surface area contributed by atoms with Crippen molar-refractivity contribution < 1.29 is 13.6 Å². The maximum atomic E-state index is 12.8. The molecule has 0 fully saturated rings. The van der Waals surface area contributed by atoms with Crippen molar-refractivity contribution in [3.63, 3.8) is 0 Å². The molecule has 1 heterocycles. The van der Waals surface area contributed by atoms with Crippen LogP contribution in [0.1, 0.15) is 46.1 Å². The Kier molecular flexibility index (Phi) is 7.74. The van der Waals surface area contributed by atoms with Crippen molar-refractivity contribution in [2.24, 2.45) is 0 Å². The number of benzene rings is 2. The summed E-state index contributed by atoms with van der Waals surface area (Å²) in [6.07, 6.45) is 0.695. The van der Waals surface area contributed by atoms with Crippen molar-refractivity contribution in [1.82, 2.24) is 15.3 Å². The van der Waals surface area contributed by atoms with Crippen molar-refractivity contribution >= 4 is 17.7 Å². The van der Waals surface area contributed by atoms with E-state index in [1.165, 1.54) is 0 Å². The molecule has 0 saturated carbocycles. The highest BCUT2D eigenvalue weighted by Crippen LogP contribution is 2.25. The number of halogens is 2. The van der Waals surface area contributed by atoms with Gasteiger partial charge in [-0.15, -0.1) is 0 Å². The molecule has 3 aromatic rings. The van der Waals surface area contributed by atoms with Crippen LogP contribution in [0.5, 0.6) is 0 Å². The third kappa shape index (κ3) is 6.34. The maximum absolute atomic E-state index is 12.8. The Morgan fingerprint density at radius 2 is 1.52 bits per heavy atom. The lowest BCUT2D eigenvalue weighted by Gasteiger charge is -2.20. The van der Waals surface area contributed by atoms with Gasteiger partial charge in [0.25, 0.3) is 5.76 Å². The van der Waals surface area contributed by atoms with Gasteiger partial charge in [-0.05, 0) is 55.6 Å². The zero-order chi connectivity index (χ0) is 22.4. The van der Waals surface area contributed by atoms with Crippen molar-refractivity contribution in [1.29, 1.82) is 0 Å². The summed E-state index contributed by atoms with van der Waals surface area (Å²) in [7, 11) is 0. The normalized spacial score (nSPS) is 12.1. The number of aromatic nitrogens is 2. The molecular weight excluding hydrogens is 416 g/mol. The SMILES string of the molecule is Cc1ccc(C(NC(=O)CCc2c(C)nc(SC(F)F)nc2C)c2ccccc2)cc1. The highest BCUT2D eigenvalue weighted by molar-refractivity contribution is 7.99. The second-order valence-electron chi connectivity index (χ2n) is 7.36. The fourth-order valence-electron chi connectivity index (χ4n) is 3.44. The summed E-state index contributed by atoms with van der Waals surface area (Å²) in [5.41, 5.74) is 5.24. The topological polar surface area (TPSA) is 54.9 Å². The molecule has 1 atom stereocenters. The van der Waals surface area contributed by atoms with E-state index in [2.05, 4.69) is 15.3 Å². The van der Waals surface area contributed by atoms with Gasteiger partial charge < -0.3 is 5.32 Å². The Bertz CT molecular complexity index is 1000. The van der Waals surface area contributed by atoms with E-state index < -0.39 is 5.76 Å². The van der Waals surface area contributed by atoms with Crippen LogP contribution < -0.4 is 5.32 Å². The molecule has 0 saturated heterocycles. The van der Waals surface area contributed by atoms with Gasteiger partial charge in [-0.2, -0.15) is 8.78 Å². The van der Waals surface area contributed by atoms with Crippen LogP contribution >= 0.6 is 11.8 Å². The first-order valence-electron chi connectivity index (χ1n) is 10.0. The van der Waals surface area contributed by atoms with Gasteiger partial charge in [-0.25, -0.2) is 9.97 Å². The smallest absolute Gasteiger partial charge is 0.291 e. The van der Waals surface area contributed by atoms with Crippen molar-refractivity contribution in [2.75, 3.05) is 0 Å². The second kappa shape index (κ2) is 10.5. The standard InChI is InChI=1S/C24H25F2N3OS/c1-15-9-11-19(12-10-15)22(18-7-5-4-6-8-18)29-21(30)14-13-20-16(2)27-24(28-17(20)3)31-23(25)26/h4-12,22-23H,13-14H2,1-3H3,(H,29,30). The second-order valence-corrected chi connectivity index (χ2v) is 8.31. The van der Waals surface area contributed by atoms with Crippen LogP contribution in [0.25, 0.3) is 0 Å². The number of thioether (sulfide) groups is 1. The van der Waals surface area contributed by atoms with E-state index in [-0.39, 0.29) is 23.5 Å². The van der Waals surface area contributed by atoms with Crippen LogP contribution in [-0.4, -0.2) is 21.6 Å². The molecule has 0 radical (unpaired) electrons. The predicted octanol–water partition coefficient (Wildman–Crippen LogP) is 5.55. The largest absolute Gasteiger partial charge is 0.345 e. The Hall–Kier alpha value is -2.80. The van der Waals surface area contributed by atoms with Gasteiger partial charge in [0.15, 0.2) is 5.16 Å². The van der Waals surface area contributed by atoms with E-state index in [4.69, 9.17) is 0 Å². The predicted molar refractivity (Wildman–Crippen MR) is 119 cm³/mol. The van der Waals surface area contributed by atoms with Crippen molar-refractivity contribution in [3.8, 4) is 0 Å². The minimum absolute atomic E-state index is 0.0571. The zero-order valence-electron chi connectivity index (χ0n) is 17.7. The van der Waals surface area contributed by atoms with Crippen LogP contribution in [-0.2, 0) is 11.2 Å². The van der Waals surface area contributed by atoms with E-state index in [0.717, 1.165) is 22.3 Å². The Morgan fingerprint density at radius 3 is 2.10 bits per heavy atom. The lowest BCUT2D eigenvalue weighted by atomic mass is 9.97. The third-order valence-electron chi connectivity index (χ3n) is 5.05. The van der Waals surface area contributed by atoms with E-state index in [9.17, 15) is 13.6 Å². The number of carbonyl (C=O) groups is 1. The minimum atomic E-state index is -2.56. The first kappa shape index (κ1) is 22.9. The number of amides is 1. The first-order valence-corrected chi connectivity index (χ1v) is 10.9. The molecule has 4 nitrogen and oxygen atoms in total. The number of aryl methyl sites for hydroxylation is 3. The van der Waals surface area contributed by atoms with Gasteiger partial charge in [0.05, 0.1) is 6.04 Å². The van der Waals surface area contributed by atoms with E-state index in [1.54, 1.807) is 13.8 Å². The quantitative estimate of drug-likeness (QED) is 0.368. The summed E-state index contributed by atoms with van der Waals surface area (Å²) in [6, 6.07) is 17.7. The van der Waals surface area contributed by atoms with Gasteiger partial charge in [0, 0.05) is 17.8 Å². The highest BCUT2D eigenvalue weighted by atomic mass is 32.2. The molecule has 7 heteroatoms. The van der Waals surface area contributed by atoms with Gasteiger partial charge in [0.1, 0.15) is 0 Å². The van der Waals surface area contributed by atoms with Crippen LogP contribution in [0.4, 0.5) is 8.78 Å². The third-order valence-corrected chi connectivity index (χ3v) is 5.62. The number of nitrogens with zero attached hydrogens (tertiary/aromatic N) is 2. The van der Waals surface area contributed by atoms with Crippen LogP contribution in [0, 0.1) is 20.8 Å². The number of nitrogens with one attached hydrogen (secondary N) is 1. The number of rotatable bonds is 8. The number of hydrogen-bond donors (Lipinski definition) is 1. The fraction of sp³-hybridized carbons (Fsp3) is 0.292. The number of hydrogen-bond acceptors (Lipinski definition) is 4. The maximum Gasteiger partial charge on any atom is 0.291 e. The summed E-state index contributed by atoms with van der Waals surface area (Å²) in [4.78, 5) is 21.1. The molecule has 0 aliphatic rings. The Morgan fingerprint density at radius 1 is 0.935 bits per heavy atom. The molecule has 1 unspecified atom stereocenters. The van der Waals surface area contributed by atoms with E-state index in [0.29, 0.717) is 29.6 Å². The summed E-state index contributed by atoms with van der Waals surface area (Å²) in [5.74, 6) is -2.66. The molecule has 162 valence electrons.